The molecular formula is C36H52FN3O6. The summed E-state index contributed by atoms with van der Waals surface area (Å²) in [5.41, 5.74) is 0.612. The van der Waals surface area contributed by atoms with Gasteiger partial charge in [-0.1, -0.05) is 25.1 Å². The van der Waals surface area contributed by atoms with Crippen LogP contribution in [0.2, 0.25) is 0 Å². The van der Waals surface area contributed by atoms with Crippen LogP contribution in [-0.4, -0.2) is 90.9 Å². The maximum Gasteiger partial charge on any atom is 0.411 e. The SMILES string of the molecule is CCOc1cc(CN[C@H]2CCC[C@H]3N(C(=O)OC(C)(C)C)[C@@H](c4ccc(F)cc4)C[C@@]3(C)[C@@H]2O)ccc1OCCN1CCOCC1. The fraction of sp³-hybridized carbons (Fsp3) is 0.639. The van der Waals surface area contributed by atoms with Crippen LogP contribution >= 0.6 is 0 Å². The number of benzene rings is 2. The van der Waals surface area contributed by atoms with Crippen molar-refractivity contribution in [3.05, 3.63) is 59.4 Å². The molecule has 2 aromatic rings. The van der Waals surface area contributed by atoms with Gasteiger partial charge in [0.05, 0.1) is 32.0 Å². The summed E-state index contributed by atoms with van der Waals surface area (Å²) in [6, 6.07) is 11.6. The van der Waals surface area contributed by atoms with E-state index in [9.17, 15) is 14.3 Å². The van der Waals surface area contributed by atoms with Gasteiger partial charge in [0.25, 0.3) is 0 Å². The van der Waals surface area contributed by atoms with Crippen LogP contribution in [0.1, 0.15) is 77.5 Å². The number of morpholine rings is 1. The Morgan fingerprint density at radius 1 is 1.09 bits per heavy atom. The second-order valence-electron chi connectivity index (χ2n) is 14.1. The van der Waals surface area contributed by atoms with Crippen LogP contribution in [0.5, 0.6) is 11.5 Å². The van der Waals surface area contributed by atoms with Gasteiger partial charge in [0, 0.05) is 43.7 Å². The first kappa shape index (κ1) is 34.4. The standard InChI is InChI=1S/C36H52FN3O6/c1-6-44-31-22-25(10-15-30(31)45-21-18-39-16-19-43-20-17-39)24-38-28-8-7-9-32-36(5,33(28)41)23-29(26-11-13-27(37)14-12-26)40(32)34(42)46-35(2,3)4/h10-15,22,28-29,32-33,38,41H,6-9,16-21,23-24H2,1-5H3/t28-,29+,32+,33+,36+/m0/s1. The summed E-state index contributed by atoms with van der Waals surface area (Å²) in [6.07, 6.45) is 1.79. The van der Waals surface area contributed by atoms with Gasteiger partial charge in [-0.15, -0.1) is 0 Å². The maximum atomic E-state index is 13.9. The maximum absolute atomic E-state index is 13.9. The van der Waals surface area contributed by atoms with Crippen molar-refractivity contribution >= 4 is 6.09 Å². The number of carbonyl (C=O) groups excluding carboxylic acids is 1. The number of nitrogens with zero attached hydrogens (tertiary/aromatic N) is 2. The molecule has 46 heavy (non-hydrogen) atoms. The van der Waals surface area contributed by atoms with Crippen molar-refractivity contribution in [2.45, 2.75) is 96.7 Å². The molecule has 2 saturated heterocycles. The Kier molecular flexibility index (Phi) is 11.1. The van der Waals surface area contributed by atoms with E-state index < -0.39 is 23.2 Å². The van der Waals surface area contributed by atoms with Crippen LogP contribution in [0.4, 0.5) is 9.18 Å². The minimum Gasteiger partial charge on any atom is -0.490 e. The first-order valence-corrected chi connectivity index (χ1v) is 16.9. The monoisotopic (exact) mass is 641 g/mol. The Morgan fingerprint density at radius 3 is 2.52 bits per heavy atom. The molecule has 3 fully saturated rings. The van der Waals surface area contributed by atoms with Gasteiger partial charge in [0.2, 0.25) is 0 Å². The molecule has 0 unspecified atom stereocenters. The predicted octanol–water partition coefficient (Wildman–Crippen LogP) is 5.70. The van der Waals surface area contributed by atoms with Gasteiger partial charge in [0.1, 0.15) is 18.0 Å². The van der Waals surface area contributed by atoms with Crippen molar-refractivity contribution in [2.75, 3.05) is 46.1 Å². The van der Waals surface area contributed by atoms with E-state index in [1.165, 1.54) is 12.1 Å². The van der Waals surface area contributed by atoms with Crippen LogP contribution in [0.15, 0.2) is 42.5 Å². The van der Waals surface area contributed by atoms with E-state index in [0.29, 0.717) is 31.9 Å². The molecule has 5 atom stereocenters. The number of halogens is 1. The number of amides is 1. The summed E-state index contributed by atoms with van der Waals surface area (Å²) >= 11 is 0. The normalized spacial score (nSPS) is 27.2. The summed E-state index contributed by atoms with van der Waals surface area (Å²) < 4.78 is 37.2. The topological polar surface area (TPSA) is 92.7 Å². The Hall–Kier alpha value is -2.92. The molecule has 5 rings (SSSR count). The second-order valence-corrected chi connectivity index (χ2v) is 14.1. The number of rotatable bonds is 10. The molecule has 9 nitrogen and oxygen atoms in total. The van der Waals surface area contributed by atoms with E-state index >= 15 is 0 Å². The highest BCUT2D eigenvalue weighted by molar-refractivity contribution is 5.70. The molecule has 10 heteroatoms. The molecule has 1 amide bonds. The lowest BCUT2D eigenvalue weighted by Crippen LogP contribution is -2.52. The second kappa shape index (κ2) is 14.9. The largest absolute Gasteiger partial charge is 0.490 e. The third kappa shape index (κ3) is 8.13. The van der Waals surface area contributed by atoms with Gasteiger partial charge >= 0.3 is 6.09 Å². The zero-order valence-electron chi connectivity index (χ0n) is 28.1. The van der Waals surface area contributed by atoms with Gasteiger partial charge in [-0.25, -0.2) is 9.18 Å². The number of aliphatic hydroxyl groups excluding tert-OH is 1. The number of nitrogens with one attached hydrogen (secondary N) is 1. The Bertz CT molecular complexity index is 1300. The Balaban J connectivity index is 1.28. The van der Waals surface area contributed by atoms with Crippen LogP contribution in [-0.2, 0) is 16.0 Å². The first-order chi connectivity index (χ1) is 22.0. The highest BCUT2D eigenvalue weighted by Crippen LogP contribution is 2.54. The van der Waals surface area contributed by atoms with Gasteiger partial charge < -0.3 is 29.4 Å². The zero-order valence-corrected chi connectivity index (χ0v) is 28.1. The number of carbonyl (C=O) groups is 1. The average Bonchev–Trinajstić information content (AvgIpc) is 3.26. The number of hydrogen-bond donors (Lipinski definition) is 2. The summed E-state index contributed by atoms with van der Waals surface area (Å²) in [6.45, 7) is 15.5. The molecular weight excluding hydrogens is 589 g/mol. The molecule has 0 radical (unpaired) electrons. The number of fused-ring (bicyclic) bond motifs is 1. The van der Waals surface area contributed by atoms with E-state index in [-0.39, 0.29) is 23.9 Å². The van der Waals surface area contributed by atoms with E-state index in [1.807, 2.05) is 50.8 Å². The number of likely N-dealkylation sites (tertiary alicyclic amines) is 1. The van der Waals surface area contributed by atoms with Gasteiger partial charge in [-0.05, 0) is 88.8 Å². The summed E-state index contributed by atoms with van der Waals surface area (Å²) in [4.78, 5) is 17.8. The quantitative estimate of drug-likeness (QED) is 0.342. The first-order valence-electron chi connectivity index (χ1n) is 16.9. The Morgan fingerprint density at radius 2 is 1.83 bits per heavy atom. The minimum atomic E-state index is -0.718. The van der Waals surface area contributed by atoms with E-state index in [4.69, 9.17) is 18.9 Å². The van der Waals surface area contributed by atoms with E-state index in [1.54, 1.807) is 12.1 Å². The number of ether oxygens (including phenoxy) is 4. The summed E-state index contributed by atoms with van der Waals surface area (Å²) in [5.74, 6) is 1.11. The zero-order chi connectivity index (χ0) is 32.9. The van der Waals surface area contributed by atoms with Crippen LogP contribution < -0.4 is 14.8 Å². The van der Waals surface area contributed by atoms with E-state index in [0.717, 1.165) is 69.0 Å². The smallest absolute Gasteiger partial charge is 0.411 e. The minimum absolute atomic E-state index is 0.178. The summed E-state index contributed by atoms with van der Waals surface area (Å²) in [5, 5.41) is 15.7. The molecule has 0 bridgehead atoms. The fourth-order valence-electron chi connectivity index (χ4n) is 7.28. The van der Waals surface area contributed by atoms with Crippen LogP contribution in [0.25, 0.3) is 0 Å². The molecule has 2 heterocycles. The Labute approximate surface area is 273 Å². The van der Waals surface area contributed by atoms with Crippen molar-refractivity contribution in [3.63, 3.8) is 0 Å². The lowest BCUT2D eigenvalue weighted by Gasteiger charge is -2.39. The molecule has 0 aromatic heterocycles. The molecule has 2 aromatic carbocycles. The third-order valence-electron chi connectivity index (χ3n) is 9.62. The third-order valence-corrected chi connectivity index (χ3v) is 9.62. The van der Waals surface area contributed by atoms with Crippen molar-refractivity contribution < 1.29 is 33.2 Å². The van der Waals surface area contributed by atoms with Gasteiger partial charge in [0.15, 0.2) is 11.5 Å². The van der Waals surface area contributed by atoms with Crippen LogP contribution in [0.3, 0.4) is 0 Å². The predicted molar refractivity (Wildman–Crippen MR) is 175 cm³/mol. The lowest BCUT2D eigenvalue weighted by molar-refractivity contribution is -0.0186. The molecule has 3 aliphatic rings. The number of hydrogen-bond acceptors (Lipinski definition) is 8. The fourth-order valence-corrected chi connectivity index (χ4v) is 7.28. The summed E-state index contributed by atoms with van der Waals surface area (Å²) in [7, 11) is 0. The molecule has 2 N–H and O–H groups in total. The van der Waals surface area contributed by atoms with Crippen molar-refractivity contribution in [1.29, 1.82) is 0 Å². The van der Waals surface area contributed by atoms with Crippen molar-refractivity contribution in [1.82, 2.24) is 15.1 Å². The van der Waals surface area contributed by atoms with Gasteiger partial charge in [-0.3, -0.25) is 9.80 Å². The van der Waals surface area contributed by atoms with E-state index in [2.05, 4.69) is 17.1 Å². The highest BCUT2D eigenvalue weighted by Gasteiger charge is 2.57. The number of aliphatic hydroxyl groups is 1. The molecule has 1 saturated carbocycles. The highest BCUT2D eigenvalue weighted by atomic mass is 19.1. The molecule has 254 valence electrons. The van der Waals surface area contributed by atoms with Crippen molar-refractivity contribution in [3.8, 4) is 11.5 Å². The van der Waals surface area contributed by atoms with Crippen LogP contribution in [0, 0.1) is 11.2 Å². The molecule has 0 spiro atoms. The average molecular weight is 642 g/mol. The molecule has 1 aliphatic carbocycles. The van der Waals surface area contributed by atoms with Crippen molar-refractivity contribution in [2.24, 2.45) is 5.41 Å². The lowest BCUT2D eigenvalue weighted by atomic mass is 9.74. The van der Waals surface area contributed by atoms with Gasteiger partial charge in [-0.2, -0.15) is 0 Å². The molecule has 2 aliphatic heterocycles.